The predicted molar refractivity (Wildman–Crippen MR) is 100 cm³/mol. The Balaban J connectivity index is 5.62. The summed E-state index contributed by atoms with van der Waals surface area (Å²) in [7, 11) is 0. The molecule has 0 heterocycles. The van der Waals surface area contributed by atoms with Crippen LogP contribution in [0, 0.1) is 11.3 Å². The molecule has 8 heteroatoms. The van der Waals surface area contributed by atoms with Crippen molar-refractivity contribution < 1.29 is 40.5 Å². The van der Waals surface area contributed by atoms with E-state index in [-0.39, 0.29) is 19.3 Å². The normalized spacial score (nSPS) is 18.5. The van der Waals surface area contributed by atoms with Gasteiger partial charge in [0.15, 0.2) is 0 Å². The van der Waals surface area contributed by atoms with Gasteiger partial charge in [0, 0.05) is 0 Å². The van der Waals surface area contributed by atoms with E-state index in [1.807, 2.05) is 0 Å². The largest absolute Gasteiger partial charge is 0.481 e. The lowest BCUT2D eigenvalue weighted by atomic mass is 9.64. The minimum atomic E-state index is -1.63. The molecule has 0 bridgehead atoms. The van der Waals surface area contributed by atoms with E-state index in [1.54, 1.807) is 0 Å². The summed E-state index contributed by atoms with van der Waals surface area (Å²) >= 11 is 0. The Hall–Kier alpha value is -0.770. The second kappa shape index (κ2) is 14.3. The predicted octanol–water partition coefficient (Wildman–Crippen LogP) is 0.264. The zero-order valence-corrected chi connectivity index (χ0v) is 16.3. The summed E-state index contributed by atoms with van der Waals surface area (Å²) in [5, 5.41) is 67.4. The summed E-state index contributed by atoms with van der Waals surface area (Å²) in [6.07, 6.45) is 0.811. The second-order valence-electron chi connectivity index (χ2n) is 7.51. The van der Waals surface area contributed by atoms with E-state index in [9.17, 15) is 40.5 Å². The highest BCUT2D eigenvalue weighted by atomic mass is 16.4. The molecule has 0 rings (SSSR count). The number of hydrogen-bond donors (Lipinski definition) is 7. The molecule has 0 fully saturated rings. The number of carboxylic acid groups (broad SMARTS) is 1. The lowest BCUT2D eigenvalue weighted by Crippen LogP contribution is -2.46. The number of unbranched alkanes of at least 4 members (excludes halogenated alkanes) is 4. The molecule has 0 spiro atoms. The summed E-state index contributed by atoms with van der Waals surface area (Å²) in [6, 6.07) is 0. The van der Waals surface area contributed by atoms with Crippen LogP contribution in [-0.2, 0) is 4.79 Å². The molecule has 7 N–H and O–H groups in total. The molecule has 0 saturated heterocycles. The lowest BCUT2D eigenvalue weighted by molar-refractivity contribution is -0.161. The number of carbonyl (C=O) groups is 1. The fourth-order valence-electron chi connectivity index (χ4n) is 3.75. The van der Waals surface area contributed by atoms with E-state index in [0.29, 0.717) is 12.8 Å². The van der Waals surface area contributed by atoms with E-state index in [1.165, 1.54) is 0 Å². The number of aliphatic carboxylic acids is 1. The lowest BCUT2D eigenvalue weighted by Gasteiger charge is -2.40. The third-order valence-corrected chi connectivity index (χ3v) is 5.25. The summed E-state index contributed by atoms with van der Waals surface area (Å²) in [4.78, 5) is 12.2. The number of rotatable bonds is 17. The molecule has 0 amide bonds. The van der Waals surface area contributed by atoms with E-state index in [2.05, 4.69) is 6.92 Å². The Morgan fingerprint density at radius 3 is 1.70 bits per heavy atom. The van der Waals surface area contributed by atoms with Crippen LogP contribution in [0.25, 0.3) is 0 Å². The maximum atomic E-state index is 12.2. The van der Waals surface area contributed by atoms with Gasteiger partial charge in [-0.05, 0) is 31.6 Å². The Bertz CT molecular complexity index is 378. The molecule has 0 aromatic carbocycles. The van der Waals surface area contributed by atoms with Gasteiger partial charge in [0.25, 0.3) is 0 Å². The molecule has 8 nitrogen and oxygen atoms in total. The van der Waals surface area contributed by atoms with Crippen LogP contribution >= 0.6 is 0 Å². The molecule has 0 aromatic rings. The Morgan fingerprint density at radius 1 is 0.815 bits per heavy atom. The first-order chi connectivity index (χ1) is 12.8. The van der Waals surface area contributed by atoms with Crippen LogP contribution in [0.4, 0.5) is 0 Å². The average Bonchev–Trinajstić information content (AvgIpc) is 2.65. The molecule has 0 radical (unpaired) electrons. The molecule has 27 heavy (non-hydrogen) atoms. The molecule has 4 unspecified atom stereocenters. The van der Waals surface area contributed by atoms with Crippen LogP contribution in [0.3, 0.4) is 0 Å². The van der Waals surface area contributed by atoms with Crippen LogP contribution in [0.15, 0.2) is 0 Å². The number of carboxylic acids is 1. The molecule has 0 aliphatic rings. The van der Waals surface area contributed by atoms with Gasteiger partial charge in [-0.3, -0.25) is 4.79 Å². The molecule has 162 valence electrons. The van der Waals surface area contributed by atoms with Crippen molar-refractivity contribution in [3.8, 4) is 0 Å². The zero-order chi connectivity index (χ0) is 20.9. The molecular formula is C19H38O8. The molecule has 4 atom stereocenters. The van der Waals surface area contributed by atoms with Gasteiger partial charge in [-0.15, -0.1) is 0 Å². The summed E-state index contributed by atoms with van der Waals surface area (Å²) in [5.74, 6) is -1.90. The van der Waals surface area contributed by atoms with Crippen LogP contribution < -0.4 is 0 Å². The minimum absolute atomic E-state index is 0.00707. The van der Waals surface area contributed by atoms with Crippen LogP contribution in [0.5, 0.6) is 0 Å². The minimum Gasteiger partial charge on any atom is -0.481 e. The summed E-state index contributed by atoms with van der Waals surface area (Å²) in [5.41, 5.74) is -1.63. The Labute approximate surface area is 161 Å². The van der Waals surface area contributed by atoms with Crippen molar-refractivity contribution in [2.45, 2.75) is 83.0 Å². The Kier molecular flexibility index (Phi) is 13.9. The SMILES string of the molecule is CCCCCCCC(CC(O)CO)C(CC(O)CO)(CC(O)CO)C(=O)O. The molecule has 0 aromatic heterocycles. The standard InChI is InChI=1S/C19H38O8/c1-2-3-4-5-6-7-14(8-15(23)11-20)19(18(26)27,9-16(24)12-21)10-17(25)13-22/h14-17,20-25H,2-13H2,1H3,(H,26,27). The van der Waals surface area contributed by atoms with Gasteiger partial charge in [-0.2, -0.15) is 0 Å². The molecule has 0 aliphatic heterocycles. The van der Waals surface area contributed by atoms with Crippen molar-refractivity contribution in [2.75, 3.05) is 19.8 Å². The van der Waals surface area contributed by atoms with Crippen molar-refractivity contribution in [3.05, 3.63) is 0 Å². The van der Waals surface area contributed by atoms with Crippen LogP contribution in [0.1, 0.15) is 64.7 Å². The first kappa shape index (κ1) is 26.2. The van der Waals surface area contributed by atoms with Gasteiger partial charge in [-0.25, -0.2) is 0 Å². The van der Waals surface area contributed by atoms with Gasteiger partial charge in [0.05, 0.1) is 43.5 Å². The van der Waals surface area contributed by atoms with Gasteiger partial charge in [0.2, 0.25) is 0 Å². The monoisotopic (exact) mass is 394 g/mol. The highest BCUT2D eigenvalue weighted by Gasteiger charge is 2.48. The first-order valence-electron chi connectivity index (χ1n) is 9.87. The van der Waals surface area contributed by atoms with Gasteiger partial charge in [-0.1, -0.05) is 39.0 Å². The summed E-state index contributed by atoms with van der Waals surface area (Å²) in [6.45, 7) is 0.307. The molecule has 0 saturated carbocycles. The van der Waals surface area contributed by atoms with Crippen molar-refractivity contribution >= 4 is 5.97 Å². The zero-order valence-electron chi connectivity index (χ0n) is 16.3. The van der Waals surface area contributed by atoms with Gasteiger partial charge < -0.3 is 35.7 Å². The Morgan fingerprint density at radius 2 is 1.30 bits per heavy atom. The summed E-state index contributed by atoms with van der Waals surface area (Å²) < 4.78 is 0. The van der Waals surface area contributed by atoms with E-state index in [0.717, 1.165) is 25.7 Å². The third kappa shape index (κ3) is 9.32. The first-order valence-corrected chi connectivity index (χ1v) is 9.87. The van der Waals surface area contributed by atoms with Crippen LogP contribution in [-0.4, -0.2) is 79.8 Å². The quantitative estimate of drug-likeness (QED) is 0.173. The third-order valence-electron chi connectivity index (χ3n) is 5.25. The highest BCUT2D eigenvalue weighted by Crippen LogP contribution is 2.43. The van der Waals surface area contributed by atoms with Gasteiger partial charge in [0.1, 0.15) is 0 Å². The topological polar surface area (TPSA) is 159 Å². The molecule has 0 aliphatic carbocycles. The van der Waals surface area contributed by atoms with Crippen molar-refractivity contribution in [1.82, 2.24) is 0 Å². The van der Waals surface area contributed by atoms with Crippen molar-refractivity contribution in [2.24, 2.45) is 11.3 Å². The average molecular weight is 395 g/mol. The van der Waals surface area contributed by atoms with E-state index >= 15 is 0 Å². The van der Waals surface area contributed by atoms with Crippen LogP contribution in [0.2, 0.25) is 0 Å². The fraction of sp³-hybridized carbons (Fsp3) is 0.947. The van der Waals surface area contributed by atoms with E-state index in [4.69, 9.17) is 0 Å². The van der Waals surface area contributed by atoms with E-state index < -0.39 is 55.4 Å². The maximum absolute atomic E-state index is 12.2. The number of aliphatic hydroxyl groups is 6. The number of hydrogen-bond acceptors (Lipinski definition) is 7. The fourth-order valence-corrected chi connectivity index (χ4v) is 3.75. The van der Waals surface area contributed by atoms with Crippen molar-refractivity contribution in [1.29, 1.82) is 0 Å². The second-order valence-corrected chi connectivity index (χ2v) is 7.51. The van der Waals surface area contributed by atoms with Gasteiger partial charge >= 0.3 is 5.97 Å². The van der Waals surface area contributed by atoms with Crippen molar-refractivity contribution in [3.63, 3.8) is 0 Å². The highest BCUT2D eigenvalue weighted by molar-refractivity contribution is 5.75. The number of aliphatic hydroxyl groups excluding tert-OH is 6. The molecular weight excluding hydrogens is 356 g/mol. The smallest absolute Gasteiger partial charge is 0.310 e. The maximum Gasteiger partial charge on any atom is 0.310 e.